The maximum atomic E-state index is 6.08. The van der Waals surface area contributed by atoms with Crippen molar-refractivity contribution in [2.45, 2.75) is 18.9 Å². The van der Waals surface area contributed by atoms with Crippen LogP contribution in [0.1, 0.15) is 24.4 Å². The summed E-state index contributed by atoms with van der Waals surface area (Å²) in [5.41, 5.74) is 7.63. The summed E-state index contributed by atoms with van der Waals surface area (Å²) >= 11 is 6.08. The van der Waals surface area contributed by atoms with Gasteiger partial charge in [-0.15, -0.1) is 0 Å². The van der Waals surface area contributed by atoms with Crippen LogP contribution in [0, 0.1) is 0 Å². The number of rotatable bonds is 1. The Labute approximate surface area is 83.1 Å². The summed E-state index contributed by atoms with van der Waals surface area (Å²) in [6.45, 7) is 1.08. The lowest BCUT2D eigenvalue weighted by Crippen LogP contribution is -2.13. The molecule has 1 atom stereocenters. The Morgan fingerprint density at radius 3 is 3.00 bits per heavy atom. The van der Waals surface area contributed by atoms with Crippen molar-refractivity contribution in [3.05, 3.63) is 28.8 Å². The van der Waals surface area contributed by atoms with Crippen LogP contribution >= 0.6 is 11.6 Å². The average Bonchev–Trinajstić information content (AvgIpc) is 2.61. The van der Waals surface area contributed by atoms with Crippen molar-refractivity contribution in [1.29, 1.82) is 0 Å². The number of hydrogen-bond donors (Lipinski definition) is 2. The SMILES string of the molecule is Nc1ccc(Cl)c(C2CCCN2)c1. The summed E-state index contributed by atoms with van der Waals surface area (Å²) in [4.78, 5) is 0. The lowest BCUT2D eigenvalue weighted by Gasteiger charge is -2.12. The van der Waals surface area contributed by atoms with Crippen LogP contribution in [0.3, 0.4) is 0 Å². The second kappa shape index (κ2) is 3.56. The maximum absolute atomic E-state index is 6.08. The highest BCUT2D eigenvalue weighted by Gasteiger charge is 2.18. The van der Waals surface area contributed by atoms with Crippen LogP contribution in [0.5, 0.6) is 0 Å². The Hall–Kier alpha value is -0.730. The van der Waals surface area contributed by atoms with Crippen LogP contribution in [0.15, 0.2) is 18.2 Å². The number of nitrogen functional groups attached to an aromatic ring is 1. The van der Waals surface area contributed by atoms with E-state index in [0.717, 1.165) is 29.2 Å². The van der Waals surface area contributed by atoms with E-state index in [1.54, 1.807) is 0 Å². The second-order valence-electron chi connectivity index (χ2n) is 3.43. The van der Waals surface area contributed by atoms with E-state index in [1.807, 2.05) is 18.2 Å². The fourth-order valence-corrected chi connectivity index (χ4v) is 2.03. The fourth-order valence-electron chi connectivity index (χ4n) is 1.78. The normalized spacial score (nSPS) is 22.1. The van der Waals surface area contributed by atoms with Gasteiger partial charge in [-0.3, -0.25) is 0 Å². The average molecular weight is 197 g/mol. The van der Waals surface area contributed by atoms with Crippen molar-refractivity contribution in [2.24, 2.45) is 0 Å². The van der Waals surface area contributed by atoms with Crippen molar-refractivity contribution in [3.63, 3.8) is 0 Å². The van der Waals surface area contributed by atoms with Gasteiger partial charge < -0.3 is 11.1 Å². The summed E-state index contributed by atoms with van der Waals surface area (Å²) in [5, 5.41) is 4.21. The number of nitrogens with one attached hydrogen (secondary N) is 1. The van der Waals surface area contributed by atoms with E-state index in [0.29, 0.717) is 6.04 Å². The largest absolute Gasteiger partial charge is 0.399 e. The predicted octanol–water partition coefficient (Wildman–Crippen LogP) is 2.35. The molecule has 0 saturated carbocycles. The molecule has 1 aromatic carbocycles. The number of benzene rings is 1. The third kappa shape index (κ3) is 1.79. The number of halogens is 1. The smallest absolute Gasteiger partial charge is 0.0455 e. The molecule has 0 bridgehead atoms. The van der Waals surface area contributed by atoms with Crippen LogP contribution in [0.4, 0.5) is 5.69 Å². The first kappa shape index (κ1) is 8.85. The van der Waals surface area contributed by atoms with E-state index in [9.17, 15) is 0 Å². The molecule has 70 valence electrons. The molecular weight excluding hydrogens is 184 g/mol. The molecule has 0 spiro atoms. The predicted molar refractivity (Wildman–Crippen MR) is 55.8 cm³/mol. The quantitative estimate of drug-likeness (QED) is 0.677. The van der Waals surface area contributed by atoms with Crippen LogP contribution in [0.2, 0.25) is 5.02 Å². The zero-order valence-corrected chi connectivity index (χ0v) is 8.14. The summed E-state index contributed by atoms with van der Waals surface area (Å²) < 4.78 is 0. The lowest BCUT2D eigenvalue weighted by atomic mass is 10.0. The van der Waals surface area contributed by atoms with E-state index in [-0.39, 0.29) is 0 Å². The minimum absolute atomic E-state index is 0.399. The van der Waals surface area contributed by atoms with Crippen molar-refractivity contribution >= 4 is 17.3 Å². The molecule has 3 N–H and O–H groups in total. The standard InChI is InChI=1S/C10H13ClN2/c11-9-4-3-7(12)6-8(9)10-2-1-5-13-10/h3-4,6,10,13H,1-2,5,12H2. The number of hydrogen-bond acceptors (Lipinski definition) is 2. The Bertz CT molecular complexity index is 306. The van der Waals surface area contributed by atoms with Crippen LogP contribution < -0.4 is 11.1 Å². The van der Waals surface area contributed by atoms with Gasteiger partial charge in [-0.1, -0.05) is 11.6 Å². The van der Waals surface area contributed by atoms with E-state index < -0.39 is 0 Å². The molecule has 1 aliphatic rings. The second-order valence-corrected chi connectivity index (χ2v) is 3.84. The highest BCUT2D eigenvalue weighted by molar-refractivity contribution is 6.31. The molecule has 1 aliphatic heterocycles. The fraction of sp³-hybridized carbons (Fsp3) is 0.400. The van der Waals surface area contributed by atoms with Gasteiger partial charge in [-0.2, -0.15) is 0 Å². The minimum Gasteiger partial charge on any atom is -0.399 e. The van der Waals surface area contributed by atoms with Crippen LogP contribution in [-0.2, 0) is 0 Å². The van der Waals surface area contributed by atoms with Gasteiger partial charge in [0.1, 0.15) is 0 Å². The van der Waals surface area contributed by atoms with E-state index in [1.165, 1.54) is 6.42 Å². The van der Waals surface area contributed by atoms with E-state index in [4.69, 9.17) is 17.3 Å². The van der Waals surface area contributed by atoms with Gasteiger partial charge in [0.25, 0.3) is 0 Å². The Morgan fingerprint density at radius 2 is 2.31 bits per heavy atom. The molecule has 0 radical (unpaired) electrons. The Kier molecular flexibility index (Phi) is 2.42. The zero-order chi connectivity index (χ0) is 9.26. The first-order valence-corrected chi connectivity index (χ1v) is 4.93. The van der Waals surface area contributed by atoms with E-state index >= 15 is 0 Å². The van der Waals surface area contributed by atoms with Gasteiger partial charge in [-0.05, 0) is 43.1 Å². The molecule has 0 aliphatic carbocycles. The molecule has 3 heteroatoms. The van der Waals surface area contributed by atoms with Crippen LogP contribution in [0.25, 0.3) is 0 Å². The summed E-state index contributed by atoms with van der Waals surface area (Å²) in [7, 11) is 0. The molecule has 0 aromatic heterocycles. The molecule has 1 saturated heterocycles. The molecule has 2 rings (SSSR count). The van der Waals surface area contributed by atoms with Crippen molar-refractivity contribution in [2.75, 3.05) is 12.3 Å². The van der Waals surface area contributed by atoms with Gasteiger partial charge in [0.2, 0.25) is 0 Å². The van der Waals surface area contributed by atoms with E-state index in [2.05, 4.69) is 5.32 Å². The first-order chi connectivity index (χ1) is 6.27. The Morgan fingerprint density at radius 1 is 1.46 bits per heavy atom. The number of anilines is 1. The van der Waals surface area contributed by atoms with Crippen molar-refractivity contribution in [3.8, 4) is 0 Å². The highest BCUT2D eigenvalue weighted by Crippen LogP contribution is 2.30. The Balaban J connectivity index is 2.32. The molecule has 0 amide bonds. The molecule has 13 heavy (non-hydrogen) atoms. The third-order valence-electron chi connectivity index (χ3n) is 2.46. The van der Waals surface area contributed by atoms with Gasteiger partial charge in [0.15, 0.2) is 0 Å². The summed E-state index contributed by atoms with van der Waals surface area (Å²) in [6, 6.07) is 6.06. The molecular formula is C10H13ClN2. The molecule has 1 unspecified atom stereocenters. The first-order valence-electron chi connectivity index (χ1n) is 4.55. The van der Waals surface area contributed by atoms with Crippen molar-refractivity contribution < 1.29 is 0 Å². The third-order valence-corrected chi connectivity index (χ3v) is 2.80. The highest BCUT2D eigenvalue weighted by atomic mass is 35.5. The topological polar surface area (TPSA) is 38.0 Å². The van der Waals surface area contributed by atoms with Gasteiger partial charge >= 0.3 is 0 Å². The monoisotopic (exact) mass is 196 g/mol. The summed E-state index contributed by atoms with van der Waals surface area (Å²) in [5.74, 6) is 0. The maximum Gasteiger partial charge on any atom is 0.0455 e. The van der Waals surface area contributed by atoms with Gasteiger partial charge in [0, 0.05) is 16.8 Å². The molecule has 1 fully saturated rings. The minimum atomic E-state index is 0.399. The van der Waals surface area contributed by atoms with Gasteiger partial charge in [0.05, 0.1) is 0 Å². The van der Waals surface area contributed by atoms with Crippen molar-refractivity contribution in [1.82, 2.24) is 5.32 Å². The van der Waals surface area contributed by atoms with Crippen LogP contribution in [-0.4, -0.2) is 6.54 Å². The van der Waals surface area contributed by atoms with Gasteiger partial charge in [-0.25, -0.2) is 0 Å². The summed E-state index contributed by atoms with van der Waals surface area (Å²) in [6.07, 6.45) is 2.37. The zero-order valence-electron chi connectivity index (χ0n) is 7.39. The lowest BCUT2D eigenvalue weighted by molar-refractivity contribution is 0.648. The molecule has 1 heterocycles. The number of nitrogens with two attached hydrogens (primary N) is 1. The molecule has 1 aromatic rings. The molecule has 2 nitrogen and oxygen atoms in total.